The molecule has 0 saturated heterocycles. The first-order valence-corrected chi connectivity index (χ1v) is 4.97. The molecule has 0 unspecified atom stereocenters. The van der Waals surface area contributed by atoms with E-state index in [2.05, 4.69) is 0 Å². The summed E-state index contributed by atoms with van der Waals surface area (Å²) in [6.07, 6.45) is -14.2. The Labute approximate surface area is 117 Å². The molecule has 130 valence electrons. The normalized spacial score (nSPS) is 13.4. The SMILES string of the molecule is O=C(c1c(F)c(F)c(F)c(F)c1F)C(F)(C(F)(F)F)C(F)(F)F. The van der Waals surface area contributed by atoms with Gasteiger partial charge in [-0.25, -0.2) is 26.3 Å². The van der Waals surface area contributed by atoms with Gasteiger partial charge in [-0.1, -0.05) is 0 Å². The fourth-order valence-electron chi connectivity index (χ4n) is 1.39. The maximum Gasteiger partial charge on any atom is 0.439 e. The van der Waals surface area contributed by atoms with Crippen LogP contribution >= 0.6 is 0 Å². The van der Waals surface area contributed by atoms with Gasteiger partial charge in [0.05, 0.1) is 5.56 Å². The Kier molecular flexibility index (Phi) is 4.40. The van der Waals surface area contributed by atoms with Crippen LogP contribution in [0.2, 0.25) is 0 Å². The average Bonchev–Trinajstić information content (AvgIpc) is 2.39. The minimum atomic E-state index is -7.08. The minimum absolute atomic E-state index is 2.96. The number of carbonyl (C=O) groups excluding carboxylic acids is 1. The van der Waals surface area contributed by atoms with E-state index in [0.717, 1.165) is 0 Å². The number of alkyl halides is 7. The molecule has 0 atom stereocenters. The molecule has 0 N–H and O–H groups in total. The number of hydrogen-bond acceptors (Lipinski definition) is 1. The van der Waals surface area contributed by atoms with Gasteiger partial charge < -0.3 is 0 Å². The van der Waals surface area contributed by atoms with E-state index in [0.29, 0.717) is 0 Å². The Morgan fingerprint density at radius 3 is 1.09 bits per heavy atom. The van der Waals surface area contributed by atoms with Crippen LogP contribution in [0, 0.1) is 29.1 Å². The number of benzene rings is 1. The van der Waals surface area contributed by atoms with Crippen LogP contribution in [0.25, 0.3) is 0 Å². The predicted octanol–water partition coefficient (Wildman–Crippen LogP) is 4.40. The van der Waals surface area contributed by atoms with Crippen LogP contribution in [-0.2, 0) is 0 Å². The summed E-state index contributed by atoms with van der Waals surface area (Å²) in [5.74, 6) is -19.7. The molecule has 0 aliphatic carbocycles. The van der Waals surface area contributed by atoms with E-state index in [1.165, 1.54) is 0 Å². The largest absolute Gasteiger partial charge is 0.439 e. The zero-order chi connectivity index (χ0) is 18.5. The van der Waals surface area contributed by atoms with Gasteiger partial charge in [-0.2, -0.15) is 26.3 Å². The highest BCUT2D eigenvalue weighted by Crippen LogP contribution is 2.48. The lowest BCUT2D eigenvalue weighted by molar-refractivity contribution is -0.317. The second-order valence-electron chi connectivity index (χ2n) is 3.93. The maximum absolute atomic E-state index is 13.3. The van der Waals surface area contributed by atoms with E-state index in [9.17, 15) is 57.5 Å². The smallest absolute Gasteiger partial charge is 0.289 e. The van der Waals surface area contributed by atoms with Gasteiger partial charge in [0.15, 0.2) is 23.3 Å². The molecule has 0 amide bonds. The summed E-state index contributed by atoms with van der Waals surface area (Å²) in [4.78, 5) is 11.1. The van der Waals surface area contributed by atoms with Gasteiger partial charge in [0.1, 0.15) is 0 Å². The molecule has 23 heavy (non-hydrogen) atoms. The molecular weight excluding hydrogens is 364 g/mol. The first kappa shape index (κ1) is 19.1. The Bertz CT molecular complexity index is 612. The predicted molar refractivity (Wildman–Crippen MR) is 46.5 cm³/mol. The van der Waals surface area contributed by atoms with Crippen molar-refractivity contribution in [2.75, 3.05) is 0 Å². The maximum atomic E-state index is 13.3. The summed E-state index contributed by atoms with van der Waals surface area (Å²) < 4.78 is 151. The van der Waals surface area contributed by atoms with Crippen molar-refractivity contribution in [1.29, 1.82) is 0 Å². The van der Waals surface area contributed by atoms with Crippen molar-refractivity contribution in [1.82, 2.24) is 0 Å². The fourth-order valence-corrected chi connectivity index (χ4v) is 1.39. The van der Waals surface area contributed by atoms with Crippen LogP contribution in [0.15, 0.2) is 0 Å². The molecule has 0 saturated carbocycles. The fraction of sp³-hybridized carbons (Fsp3) is 0.300. The van der Waals surface area contributed by atoms with Crippen LogP contribution in [0.4, 0.5) is 52.7 Å². The van der Waals surface area contributed by atoms with E-state index in [1.54, 1.807) is 0 Å². The summed E-state index contributed by atoms with van der Waals surface area (Å²) in [7, 11) is 0. The van der Waals surface area contributed by atoms with Gasteiger partial charge in [-0.05, 0) is 0 Å². The third-order valence-corrected chi connectivity index (χ3v) is 2.53. The highest BCUT2D eigenvalue weighted by atomic mass is 19.4. The number of rotatable bonds is 2. The lowest BCUT2D eigenvalue weighted by Crippen LogP contribution is -2.59. The molecule has 1 aromatic carbocycles. The lowest BCUT2D eigenvalue weighted by Gasteiger charge is -2.28. The highest BCUT2D eigenvalue weighted by molar-refractivity contribution is 6.04. The van der Waals surface area contributed by atoms with Crippen molar-refractivity contribution in [2.45, 2.75) is 18.0 Å². The van der Waals surface area contributed by atoms with E-state index >= 15 is 0 Å². The molecule has 0 aliphatic rings. The molecule has 0 radical (unpaired) electrons. The number of halogens is 12. The summed E-state index contributed by atoms with van der Waals surface area (Å²) in [5.41, 5.74) is -10.1. The lowest BCUT2D eigenvalue weighted by atomic mass is 9.92. The van der Waals surface area contributed by atoms with Crippen molar-refractivity contribution < 1.29 is 57.5 Å². The molecule has 0 fully saturated rings. The third kappa shape index (κ3) is 2.61. The quantitative estimate of drug-likeness (QED) is 0.329. The van der Waals surface area contributed by atoms with Crippen molar-refractivity contribution >= 4 is 5.78 Å². The molecule has 1 nitrogen and oxygen atoms in total. The first-order chi connectivity index (χ1) is 10.1. The Balaban J connectivity index is 3.81. The van der Waals surface area contributed by atoms with Gasteiger partial charge in [0.2, 0.25) is 11.6 Å². The molecule has 0 heterocycles. The zero-order valence-electron chi connectivity index (χ0n) is 9.94. The van der Waals surface area contributed by atoms with Gasteiger partial charge >= 0.3 is 18.0 Å². The molecule has 13 heteroatoms. The summed E-state index contributed by atoms with van der Waals surface area (Å²) in [5, 5.41) is 0. The standard InChI is InChI=1S/C10F12O/c11-2-1(3(12)5(14)6(15)4(2)13)7(23)8(16,9(17,18)19)10(20,21)22. The summed E-state index contributed by atoms with van der Waals surface area (Å²) >= 11 is 0. The van der Waals surface area contributed by atoms with Crippen molar-refractivity contribution in [3.8, 4) is 0 Å². The molecule has 1 aromatic rings. The Morgan fingerprint density at radius 2 is 0.826 bits per heavy atom. The zero-order valence-corrected chi connectivity index (χ0v) is 9.94. The van der Waals surface area contributed by atoms with Gasteiger partial charge in [-0.15, -0.1) is 0 Å². The molecule has 0 spiro atoms. The highest BCUT2D eigenvalue weighted by Gasteiger charge is 2.77. The van der Waals surface area contributed by atoms with E-state index < -0.39 is 58.5 Å². The number of carbonyl (C=O) groups is 1. The second-order valence-corrected chi connectivity index (χ2v) is 3.93. The van der Waals surface area contributed by atoms with E-state index in [4.69, 9.17) is 0 Å². The van der Waals surface area contributed by atoms with E-state index in [1.807, 2.05) is 0 Å². The van der Waals surface area contributed by atoms with Crippen molar-refractivity contribution in [2.24, 2.45) is 0 Å². The van der Waals surface area contributed by atoms with Crippen LogP contribution in [0.3, 0.4) is 0 Å². The molecule has 0 aliphatic heterocycles. The first-order valence-electron chi connectivity index (χ1n) is 4.97. The summed E-state index contributed by atoms with van der Waals surface area (Å²) in [6, 6.07) is 0. The minimum Gasteiger partial charge on any atom is -0.289 e. The average molecular weight is 364 g/mol. The topological polar surface area (TPSA) is 17.1 Å². The monoisotopic (exact) mass is 364 g/mol. The molecule has 1 rings (SSSR count). The summed E-state index contributed by atoms with van der Waals surface area (Å²) in [6.45, 7) is 0. The Hall–Kier alpha value is -1.95. The van der Waals surface area contributed by atoms with E-state index in [-0.39, 0.29) is 0 Å². The molecule has 0 bridgehead atoms. The van der Waals surface area contributed by atoms with Crippen LogP contribution in [0.1, 0.15) is 10.4 Å². The van der Waals surface area contributed by atoms with Gasteiger partial charge in [-0.3, -0.25) is 4.79 Å². The molecular formula is C10F12O. The third-order valence-electron chi connectivity index (χ3n) is 2.53. The van der Waals surface area contributed by atoms with Gasteiger partial charge in [0.25, 0.3) is 0 Å². The number of hydrogen-bond donors (Lipinski definition) is 0. The van der Waals surface area contributed by atoms with Crippen LogP contribution in [0.5, 0.6) is 0 Å². The number of ketones is 1. The van der Waals surface area contributed by atoms with Crippen LogP contribution in [-0.4, -0.2) is 23.8 Å². The van der Waals surface area contributed by atoms with Gasteiger partial charge in [0, 0.05) is 0 Å². The van der Waals surface area contributed by atoms with Crippen molar-refractivity contribution in [3.63, 3.8) is 0 Å². The van der Waals surface area contributed by atoms with Crippen LogP contribution < -0.4 is 0 Å². The van der Waals surface area contributed by atoms with Crippen molar-refractivity contribution in [3.05, 3.63) is 34.6 Å². The molecule has 0 aromatic heterocycles. The number of Topliss-reactive ketones (excluding diaryl/α,β-unsaturated/α-hetero) is 1. The second kappa shape index (κ2) is 5.30. The Morgan fingerprint density at radius 1 is 0.565 bits per heavy atom.